The SMILES string of the molecule is CCCOCCn1c(C2CC2)nc(Cl)cc1=O. The summed E-state index contributed by atoms with van der Waals surface area (Å²) < 4.78 is 7.10. The third-order valence-electron chi connectivity index (χ3n) is 2.76. The van der Waals surface area contributed by atoms with Crippen molar-refractivity contribution in [3.05, 3.63) is 27.4 Å². The van der Waals surface area contributed by atoms with Crippen molar-refractivity contribution in [2.24, 2.45) is 0 Å². The van der Waals surface area contributed by atoms with E-state index < -0.39 is 0 Å². The summed E-state index contributed by atoms with van der Waals surface area (Å²) in [6.07, 6.45) is 3.19. The molecule has 5 heteroatoms. The average molecular weight is 257 g/mol. The molecule has 2 rings (SSSR count). The van der Waals surface area contributed by atoms with E-state index in [9.17, 15) is 4.79 Å². The molecule has 0 saturated heterocycles. The van der Waals surface area contributed by atoms with E-state index in [0.717, 1.165) is 31.7 Å². The summed E-state index contributed by atoms with van der Waals surface area (Å²) in [4.78, 5) is 16.1. The van der Waals surface area contributed by atoms with Crippen LogP contribution in [-0.4, -0.2) is 22.8 Å². The minimum Gasteiger partial charge on any atom is -0.380 e. The molecule has 17 heavy (non-hydrogen) atoms. The first-order valence-electron chi connectivity index (χ1n) is 6.07. The van der Waals surface area contributed by atoms with Crippen LogP contribution in [0.2, 0.25) is 5.15 Å². The summed E-state index contributed by atoms with van der Waals surface area (Å²) in [7, 11) is 0. The summed E-state index contributed by atoms with van der Waals surface area (Å²) in [6, 6.07) is 1.37. The Morgan fingerprint density at radius 1 is 1.53 bits per heavy atom. The monoisotopic (exact) mass is 256 g/mol. The third kappa shape index (κ3) is 3.30. The zero-order valence-corrected chi connectivity index (χ0v) is 10.7. The number of nitrogens with zero attached hydrogens (tertiary/aromatic N) is 2. The molecule has 4 nitrogen and oxygen atoms in total. The lowest BCUT2D eigenvalue weighted by Crippen LogP contribution is -2.26. The summed E-state index contributed by atoms with van der Waals surface area (Å²) in [5.74, 6) is 1.23. The molecular weight excluding hydrogens is 240 g/mol. The maximum Gasteiger partial charge on any atom is 0.255 e. The predicted octanol–water partition coefficient (Wildman–Crippen LogP) is 2.20. The van der Waals surface area contributed by atoms with Crippen molar-refractivity contribution in [2.75, 3.05) is 13.2 Å². The van der Waals surface area contributed by atoms with E-state index in [1.54, 1.807) is 4.57 Å². The van der Waals surface area contributed by atoms with Crippen LogP contribution in [0.4, 0.5) is 0 Å². The number of aromatic nitrogens is 2. The Balaban J connectivity index is 2.11. The van der Waals surface area contributed by atoms with Gasteiger partial charge in [0.2, 0.25) is 0 Å². The Morgan fingerprint density at radius 2 is 2.29 bits per heavy atom. The molecule has 0 amide bonds. The van der Waals surface area contributed by atoms with Crippen LogP contribution in [0.5, 0.6) is 0 Å². The molecule has 1 fully saturated rings. The van der Waals surface area contributed by atoms with Gasteiger partial charge in [-0.05, 0) is 19.3 Å². The number of rotatable bonds is 6. The fourth-order valence-corrected chi connectivity index (χ4v) is 1.95. The maximum absolute atomic E-state index is 11.8. The minimum atomic E-state index is -0.0769. The van der Waals surface area contributed by atoms with Crippen LogP contribution in [0.3, 0.4) is 0 Å². The lowest BCUT2D eigenvalue weighted by Gasteiger charge is -2.11. The molecule has 1 aliphatic carbocycles. The molecule has 1 aromatic heterocycles. The first-order chi connectivity index (χ1) is 8.22. The zero-order valence-electron chi connectivity index (χ0n) is 9.99. The quantitative estimate of drug-likeness (QED) is 0.579. The Hall–Kier alpha value is -0.870. The van der Waals surface area contributed by atoms with Crippen molar-refractivity contribution in [1.82, 2.24) is 9.55 Å². The van der Waals surface area contributed by atoms with Crippen LogP contribution in [0.25, 0.3) is 0 Å². The molecule has 1 aliphatic rings. The van der Waals surface area contributed by atoms with E-state index >= 15 is 0 Å². The Kier molecular flexibility index (Phi) is 4.18. The third-order valence-corrected chi connectivity index (χ3v) is 2.95. The highest BCUT2D eigenvalue weighted by molar-refractivity contribution is 6.29. The van der Waals surface area contributed by atoms with Crippen LogP contribution in [0.15, 0.2) is 10.9 Å². The molecule has 1 heterocycles. The maximum atomic E-state index is 11.8. The van der Waals surface area contributed by atoms with Gasteiger partial charge in [-0.15, -0.1) is 0 Å². The van der Waals surface area contributed by atoms with Gasteiger partial charge >= 0.3 is 0 Å². The second-order valence-electron chi connectivity index (χ2n) is 4.31. The highest BCUT2D eigenvalue weighted by Gasteiger charge is 2.28. The fourth-order valence-electron chi connectivity index (χ4n) is 1.77. The molecule has 1 aromatic rings. The predicted molar refractivity (Wildman–Crippen MR) is 66.6 cm³/mol. The van der Waals surface area contributed by atoms with Gasteiger partial charge in [0, 0.05) is 18.6 Å². The van der Waals surface area contributed by atoms with Gasteiger partial charge in [0.25, 0.3) is 5.56 Å². The summed E-state index contributed by atoms with van der Waals surface area (Å²) in [6.45, 7) is 3.91. The number of halogens is 1. The van der Waals surface area contributed by atoms with Gasteiger partial charge in [0.05, 0.1) is 13.2 Å². The summed E-state index contributed by atoms with van der Waals surface area (Å²) >= 11 is 5.82. The van der Waals surface area contributed by atoms with Crippen molar-refractivity contribution in [1.29, 1.82) is 0 Å². The molecule has 0 aliphatic heterocycles. The van der Waals surface area contributed by atoms with Gasteiger partial charge in [0.1, 0.15) is 11.0 Å². The largest absolute Gasteiger partial charge is 0.380 e. The van der Waals surface area contributed by atoms with E-state index in [0.29, 0.717) is 24.2 Å². The second-order valence-corrected chi connectivity index (χ2v) is 4.70. The van der Waals surface area contributed by atoms with Gasteiger partial charge in [-0.1, -0.05) is 18.5 Å². The van der Waals surface area contributed by atoms with E-state index in [1.807, 2.05) is 0 Å². The topological polar surface area (TPSA) is 44.1 Å². The molecule has 0 unspecified atom stereocenters. The first-order valence-corrected chi connectivity index (χ1v) is 6.45. The van der Waals surface area contributed by atoms with Crippen LogP contribution < -0.4 is 5.56 Å². The lowest BCUT2D eigenvalue weighted by atomic mass is 10.3. The zero-order chi connectivity index (χ0) is 12.3. The number of hydrogen-bond donors (Lipinski definition) is 0. The van der Waals surface area contributed by atoms with E-state index in [4.69, 9.17) is 16.3 Å². The van der Waals surface area contributed by atoms with Crippen LogP contribution >= 0.6 is 11.6 Å². The molecule has 0 radical (unpaired) electrons. The van der Waals surface area contributed by atoms with Crippen LogP contribution in [0, 0.1) is 0 Å². The summed E-state index contributed by atoms with van der Waals surface area (Å²) in [5, 5.41) is 0.294. The first kappa shape index (κ1) is 12.6. The van der Waals surface area contributed by atoms with Crippen molar-refractivity contribution < 1.29 is 4.74 Å². The number of ether oxygens (including phenoxy) is 1. The molecule has 0 bridgehead atoms. The van der Waals surface area contributed by atoms with E-state index in [2.05, 4.69) is 11.9 Å². The molecule has 0 aromatic carbocycles. The second kappa shape index (κ2) is 5.65. The molecule has 0 spiro atoms. The molecule has 0 N–H and O–H groups in total. The molecule has 1 saturated carbocycles. The molecule has 0 atom stereocenters. The van der Waals surface area contributed by atoms with Gasteiger partial charge < -0.3 is 4.74 Å². The van der Waals surface area contributed by atoms with Crippen molar-refractivity contribution in [3.63, 3.8) is 0 Å². The average Bonchev–Trinajstić information content (AvgIpc) is 3.09. The normalized spacial score (nSPS) is 15.2. The van der Waals surface area contributed by atoms with Gasteiger partial charge in [-0.25, -0.2) is 4.98 Å². The number of hydrogen-bond acceptors (Lipinski definition) is 3. The lowest BCUT2D eigenvalue weighted by molar-refractivity contribution is 0.125. The van der Waals surface area contributed by atoms with Crippen molar-refractivity contribution in [3.8, 4) is 0 Å². The smallest absolute Gasteiger partial charge is 0.255 e. The van der Waals surface area contributed by atoms with Crippen LogP contribution in [-0.2, 0) is 11.3 Å². The Bertz CT molecular complexity index is 441. The Labute approximate surface area is 106 Å². The van der Waals surface area contributed by atoms with Gasteiger partial charge in [-0.3, -0.25) is 9.36 Å². The highest BCUT2D eigenvalue weighted by Crippen LogP contribution is 2.38. The summed E-state index contributed by atoms with van der Waals surface area (Å²) in [5.41, 5.74) is -0.0769. The van der Waals surface area contributed by atoms with Gasteiger partial charge in [0.15, 0.2) is 0 Å². The van der Waals surface area contributed by atoms with Crippen molar-refractivity contribution in [2.45, 2.75) is 38.6 Å². The Morgan fingerprint density at radius 3 is 2.94 bits per heavy atom. The van der Waals surface area contributed by atoms with Gasteiger partial charge in [-0.2, -0.15) is 0 Å². The molecule has 94 valence electrons. The standard InChI is InChI=1S/C12H17ClN2O2/c1-2-6-17-7-5-15-11(16)8-10(13)14-12(15)9-3-4-9/h8-9H,2-7H2,1H3. The van der Waals surface area contributed by atoms with E-state index in [1.165, 1.54) is 6.07 Å². The van der Waals surface area contributed by atoms with Crippen molar-refractivity contribution >= 4 is 11.6 Å². The van der Waals surface area contributed by atoms with Crippen LogP contribution in [0.1, 0.15) is 37.9 Å². The molecular formula is C12H17ClN2O2. The fraction of sp³-hybridized carbons (Fsp3) is 0.667. The van der Waals surface area contributed by atoms with E-state index in [-0.39, 0.29) is 5.56 Å². The minimum absolute atomic E-state index is 0.0769. The highest BCUT2D eigenvalue weighted by atomic mass is 35.5.